The van der Waals surface area contributed by atoms with Gasteiger partial charge in [0.15, 0.2) is 0 Å². The zero-order valence-corrected chi connectivity index (χ0v) is 19.3. The largest absolute Gasteiger partial charge is 0.460 e. The van der Waals surface area contributed by atoms with E-state index in [0.29, 0.717) is 41.7 Å². The molecule has 0 saturated heterocycles. The van der Waals surface area contributed by atoms with Crippen LogP contribution in [0.15, 0.2) is 42.5 Å². The van der Waals surface area contributed by atoms with Crippen LogP contribution >= 0.6 is 0 Å². The Bertz CT molecular complexity index is 1020. The first-order chi connectivity index (χ1) is 15.4. The molecule has 1 heterocycles. The van der Waals surface area contributed by atoms with Gasteiger partial charge in [-0.2, -0.15) is 0 Å². The first-order valence-corrected chi connectivity index (χ1v) is 11.4. The Kier molecular flexibility index (Phi) is 7.67. The second kappa shape index (κ2) is 10.4. The van der Waals surface area contributed by atoms with E-state index in [1.165, 1.54) is 4.90 Å². The first kappa shape index (κ1) is 23.5. The molecule has 6 nitrogen and oxygen atoms in total. The van der Waals surface area contributed by atoms with Crippen LogP contribution < -0.4 is 4.90 Å². The van der Waals surface area contributed by atoms with Crippen LogP contribution in [0.2, 0.25) is 0 Å². The van der Waals surface area contributed by atoms with E-state index in [9.17, 15) is 14.4 Å². The summed E-state index contributed by atoms with van der Waals surface area (Å²) >= 11 is 0. The monoisotopic (exact) mass is 436 g/mol. The van der Waals surface area contributed by atoms with Gasteiger partial charge < -0.3 is 9.64 Å². The Morgan fingerprint density at radius 3 is 2.41 bits per heavy atom. The number of hydrogen-bond acceptors (Lipinski definition) is 5. The lowest BCUT2D eigenvalue weighted by Crippen LogP contribution is -2.41. The molecule has 6 heteroatoms. The van der Waals surface area contributed by atoms with Gasteiger partial charge in [-0.05, 0) is 38.5 Å². The van der Waals surface area contributed by atoms with Gasteiger partial charge in [-0.3, -0.25) is 14.5 Å². The molecule has 0 unspecified atom stereocenters. The number of nitrogens with zero attached hydrogens (tertiary/aromatic N) is 2. The molecule has 0 aliphatic carbocycles. The van der Waals surface area contributed by atoms with Crippen LogP contribution in [0.4, 0.5) is 5.69 Å². The molecule has 0 aromatic heterocycles. The van der Waals surface area contributed by atoms with E-state index in [0.717, 1.165) is 36.8 Å². The van der Waals surface area contributed by atoms with Gasteiger partial charge in [0.1, 0.15) is 6.61 Å². The molecular formula is C26H32N2O4. The molecule has 0 atom stereocenters. The maximum Gasteiger partial charge on any atom is 0.333 e. The standard InChI is InChI=1S/C26H32N2O4/c1-5-7-8-9-15-28-24(29)20-12-10-11-19-22(14-13-21(23(19)20)25(28)30)27(6-2)16-17-32-26(31)18(3)4/h10-14H,3,5-9,15-17H2,1-2,4H3. The Labute approximate surface area is 189 Å². The second-order valence-electron chi connectivity index (χ2n) is 8.18. The number of carbonyl (C=O) groups excluding carboxylic acids is 3. The quantitative estimate of drug-likeness (QED) is 0.216. The molecule has 0 saturated carbocycles. The van der Waals surface area contributed by atoms with E-state index < -0.39 is 5.97 Å². The summed E-state index contributed by atoms with van der Waals surface area (Å²) < 4.78 is 5.26. The highest BCUT2D eigenvalue weighted by molar-refractivity contribution is 6.26. The number of ether oxygens (including phenoxy) is 1. The summed E-state index contributed by atoms with van der Waals surface area (Å²) in [5.41, 5.74) is 2.42. The van der Waals surface area contributed by atoms with E-state index in [1.807, 2.05) is 31.2 Å². The third-order valence-electron chi connectivity index (χ3n) is 5.87. The van der Waals surface area contributed by atoms with E-state index in [2.05, 4.69) is 18.4 Å². The first-order valence-electron chi connectivity index (χ1n) is 11.4. The third-order valence-corrected chi connectivity index (χ3v) is 5.87. The molecule has 2 aromatic carbocycles. The van der Waals surface area contributed by atoms with Crippen molar-refractivity contribution < 1.29 is 19.1 Å². The average molecular weight is 437 g/mol. The molecule has 1 aliphatic rings. The van der Waals surface area contributed by atoms with Crippen molar-refractivity contribution in [2.75, 3.05) is 31.1 Å². The lowest BCUT2D eigenvalue weighted by molar-refractivity contribution is -0.138. The van der Waals surface area contributed by atoms with E-state index in [-0.39, 0.29) is 18.4 Å². The molecule has 170 valence electrons. The van der Waals surface area contributed by atoms with Crippen LogP contribution in [0.1, 0.15) is 67.2 Å². The molecule has 0 spiro atoms. The summed E-state index contributed by atoms with van der Waals surface area (Å²) in [6.07, 6.45) is 4.03. The molecule has 0 fully saturated rings. The molecule has 1 aliphatic heterocycles. The normalized spacial score (nSPS) is 12.9. The topological polar surface area (TPSA) is 66.9 Å². The lowest BCUT2D eigenvalue weighted by Gasteiger charge is -2.30. The number of imide groups is 1. The zero-order valence-electron chi connectivity index (χ0n) is 19.3. The van der Waals surface area contributed by atoms with Crippen molar-refractivity contribution in [2.45, 2.75) is 46.5 Å². The van der Waals surface area contributed by atoms with Gasteiger partial charge in [0.05, 0.1) is 6.54 Å². The maximum absolute atomic E-state index is 13.2. The fourth-order valence-corrected chi connectivity index (χ4v) is 4.13. The Balaban J connectivity index is 1.89. The van der Waals surface area contributed by atoms with Gasteiger partial charge in [-0.1, -0.05) is 44.9 Å². The predicted octanol–water partition coefficient (Wildman–Crippen LogP) is 4.96. The van der Waals surface area contributed by atoms with Crippen LogP contribution in [-0.2, 0) is 9.53 Å². The number of unbranched alkanes of at least 4 members (excludes halogenated alkanes) is 3. The number of hydrogen-bond donors (Lipinski definition) is 0. The van der Waals surface area contributed by atoms with Crippen molar-refractivity contribution in [3.05, 3.63) is 53.6 Å². The summed E-state index contributed by atoms with van der Waals surface area (Å²) in [5, 5.41) is 1.57. The summed E-state index contributed by atoms with van der Waals surface area (Å²) in [6.45, 7) is 11.2. The van der Waals surface area contributed by atoms with Gasteiger partial charge in [0.25, 0.3) is 11.8 Å². The second-order valence-corrected chi connectivity index (χ2v) is 8.18. The molecule has 0 radical (unpaired) electrons. The van der Waals surface area contributed by atoms with Crippen molar-refractivity contribution in [2.24, 2.45) is 0 Å². The number of amides is 2. The van der Waals surface area contributed by atoms with Crippen molar-refractivity contribution in [1.82, 2.24) is 4.90 Å². The van der Waals surface area contributed by atoms with E-state index >= 15 is 0 Å². The zero-order chi connectivity index (χ0) is 23.3. The molecule has 0 bridgehead atoms. The number of benzene rings is 2. The Morgan fingerprint density at radius 2 is 1.75 bits per heavy atom. The van der Waals surface area contributed by atoms with Gasteiger partial charge in [0, 0.05) is 46.2 Å². The van der Waals surface area contributed by atoms with Crippen molar-refractivity contribution in [1.29, 1.82) is 0 Å². The summed E-state index contributed by atoms with van der Waals surface area (Å²) in [7, 11) is 0. The molecule has 2 amide bonds. The van der Waals surface area contributed by atoms with Gasteiger partial charge >= 0.3 is 5.97 Å². The van der Waals surface area contributed by atoms with Crippen molar-refractivity contribution in [3.8, 4) is 0 Å². The van der Waals surface area contributed by atoms with Crippen LogP contribution in [0.25, 0.3) is 10.8 Å². The highest BCUT2D eigenvalue weighted by Gasteiger charge is 2.33. The summed E-state index contributed by atoms with van der Waals surface area (Å²) in [4.78, 5) is 41.5. The number of esters is 1. The predicted molar refractivity (Wildman–Crippen MR) is 127 cm³/mol. The number of rotatable bonds is 11. The third kappa shape index (κ3) is 4.69. The fourth-order valence-electron chi connectivity index (χ4n) is 4.13. The van der Waals surface area contributed by atoms with Crippen LogP contribution in [-0.4, -0.2) is 48.9 Å². The molecular weight excluding hydrogens is 404 g/mol. The Hall–Kier alpha value is -3.15. The van der Waals surface area contributed by atoms with Crippen LogP contribution in [0.3, 0.4) is 0 Å². The average Bonchev–Trinajstić information content (AvgIpc) is 2.79. The minimum atomic E-state index is -0.409. The van der Waals surface area contributed by atoms with Gasteiger partial charge in [-0.25, -0.2) is 4.79 Å². The smallest absolute Gasteiger partial charge is 0.333 e. The van der Waals surface area contributed by atoms with E-state index in [4.69, 9.17) is 4.74 Å². The maximum atomic E-state index is 13.2. The number of likely N-dealkylation sites (N-methyl/N-ethyl adjacent to an activating group) is 1. The molecule has 32 heavy (non-hydrogen) atoms. The summed E-state index contributed by atoms with van der Waals surface area (Å²) in [6, 6.07) is 9.35. The Morgan fingerprint density at radius 1 is 1.03 bits per heavy atom. The van der Waals surface area contributed by atoms with E-state index in [1.54, 1.807) is 13.0 Å². The highest BCUT2D eigenvalue weighted by atomic mass is 16.5. The van der Waals surface area contributed by atoms with Gasteiger partial charge in [0.2, 0.25) is 0 Å². The number of anilines is 1. The SMILES string of the molecule is C=C(C)C(=O)OCCN(CC)c1ccc2c3c(cccc13)C(=O)N(CCCCCC)C2=O. The fraction of sp³-hybridized carbons (Fsp3) is 0.423. The molecule has 3 rings (SSSR count). The van der Waals surface area contributed by atoms with Crippen molar-refractivity contribution in [3.63, 3.8) is 0 Å². The molecule has 2 aromatic rings. The van der Waals surface area contributed by atoms with Crippen LogP contribution in [0, 0.1) is 0 Å². The van der Waals surface area contributed by atoms with Crippen LogP contribution in [0.5, 0.6) is 0 Å². The minimum absolute atomic E-state index is 0.222. The van der Waals surface area contributed by atoms with Gasteiger partial charge in [-0.15, -0.1) is 0 Å². The minimum Gasteiger partial charge on any atom is -0.460 e. The summed E-state index contributed by atoms with van der Waals surface area (Å²) in [5.74, 6) is -0.853. The van der Waals surface area contributed by atoms with Crippen molar-refractivity contribution >= 4 is 34.2 Å². The lowest BCUT2D eigenvalue weighted by atomic mass is 9.92. The molecule has 0 N–H and O–H groups in total. The highest BCUT2D eigenvalue weighted by Crippen LogP contribution is 2.36. The number of carbonyl (C=O) groups is 3.